The topological polar surface area (TPSA) is 75.1 Å². The molecule has 1 fully saturated rings. The number of hydrogen-bond donors (Lipinski definition) is 2. The molecule has 0 bridgehead atoms. The van der Waals surface area contributed by atoms with E-state index in [1.165, 1.54) is 19.3 Å². The van der Waals surface area contributed by atoms with Gasteiger partial charge in [0, 0.05) is 25.5 Å². The lowest BCUT2D eigenvalue weighted by molar-refractivity contribution is 0.251. The number of carbonyl (C=O) groups excluding carboxylic acids is 1. The van der Waals surface area contributed by atoms with Gasteiger partial charge >= 0.3 is 6.03 Å². The van der Waals surface area contributed by atoms with Crippen LogP contribution in [-0.4, -0.2) is 34.9 Å². The highest BCUT2D eigenvalue weighted by atomic mass is 32.1. The van der Waals surface area contributed by atoms with Crippen molar-refractivity contribution in [3.63, 3.8) is 0 Å². The Labute approximate surface area is 152 Å². The van der Waals surface area contributed by atoms with E-state index >= 15 is 0 Å². The molecule has 0 unspecified atom stereocenters. The van der Waals surface area contributed by atoms with E-state index in [1.807, 2.05) is 42.0 Å². The van der Waals surface area contributed by atoms with Crippen LogP contribution in [-0.2, 0) is 6.54 Å². The van der Waals surface area contributed by atoms with Gasteiger partial charge in [0.2, 0.25) is 0 Å². The summed E-state index contributed by atoms with van der Waals surface area (Å²) < 4.78 is 1.99. The van der Waals surface area contributed by atoms with Crippen LogP contribution < -0.4 is 15.5 Å². The third kappa shape index (κ3) is 4.50. The first-order valence-electron chi connectivity index (χ1n) is 8.75. The molecule has 2 aromatic heterocycles. The van der Waals surface area contributed by atoms with Gasteiger partial charge in [0.1, 0.15) is 5.82 Å². The van der Waals surface area contributed by atoms with E-state index in [9.17, 15) is 4.79 Å². The first-order chi connectivity index (χ1) is 12.0. The number of rotatable bonds is 5. The van der Waals surface area contributed by atoms with Crippen LogP contribution in [0.25, 0.3) is 0 Å². The molecule has 7 nitrogen and oxygen atoms in total. The monoisotopic (exact) mass is 362 g/mol. The SMILES string of the molecule is Cc1cc(NC(=O)NCc2csc(N(C)C)n2)n(C2CCCCC2)n1. The van der Waals surface area contributed by atoms with Crippen LogP contribution in [0, 0.1) is 6.92 Å². The second-order valence-corrected chi connectivity index (χ2v) is 7.57. The number of amides is 2. The lowest BCUT2D eigenvalue weighted by Gasteiger charge is -2.23. The molecule has 2 heterocycles. The molecular formula is C17H26N6OS. The van der Waals surface area contributed by atoms with Gasteiger partial charge < -0.3 is 10.2 Å². The van der Waals surface area contributed by atoms with Crippen LogP contribution in [0.1, 0.15) is 49.5 Å². The molecule has 136 valence electrons. The van der Waals surface area contributed by atoms with E-state index in [0.29, 0.717) is 12.6 Å². The van der Waals surface area contributed by atoms with E-state index < -0.39 is 0 Å². The molecular weight excluding hydrogens is 336 g/mol. The molecule has 1 saturated carbocycles. The molecule has 25 heavy (non-hydrogen) atoms. The first-order valence-corrected chi connectivity index (χ1v) is 9.63. The average Bonchev–Trinajstić information content (AvgIpc) is 3.20. The summed E-state index contributed by atoms with van der Waals surface area (Å²) in [5, 5.41) is 13.3. The fourth-order valence-electron chi connectivity index (χ4n) is 3.13. The van der Waals surface area contributed by atoms with Gasteiger partial charge in [0.15, 0.2) is 5.13 Å². The van der Waals surface area contributed by atoms with Crippen molar-refractivity contribution in [3.8, 4) is 0 Å². The van der Waals surface area contributed by atoms with Crippen LogP contribution in [0.5, 0.6) is 0 Å². The normalized spacial score (nSPS) is 15.2. The van der Waals surface area contributed by atoms with Crippen LogP contribution >= 0.6 is 11.3 Å². The molecule has 1 aliphatic carbocycles. The highest BCUT2D eigenvalue weighted by molar-refractivity contribution is 7.13. The lowest BCUT2D eigenvalue weighted by Crippen LogP contribution is -2.30. The largest absolute Gasteiger partial charge is 0.354 e. The van der Waals surface area contributed by atoms with E-state index in [-0.39, 0.29) is 6.03 Å². The maximum absolute atomic E-state index is 12.3. The van der Waals surface area contributed by atoms with E-state index in [2.05, 4.69) is 20.7 Å². The summed E-state index contributed by atoms with van der Waals surface area (Å²) in [7, 11) is 3.91. The zero-order valence-electron chi connectivity index (χ0n) is 15.1. The van der Waals surface area contributed by atoms with Gasteiger partial charge in [-0.05, 0) is 19.8 Å². The number of urea groups is 1. The van der Waals surface area contributed by atoms with Crippen LogP contribution in [0.15, 0.2) is 11.4 Å². The summed E-state index contributed by atoms with van der Waals surface area (Å²) in [6, 6.07) is 2.09. The number of aromatic nitrogens is 3. The Morgan fingerprint density at radius 3 is 2.80 bits per heavy atom. The molecule has 2 amide bonds. The van der Waals surface area contributed by atoms with Crippen molar-refractivity contribution in [2.24, 2.45) is 0 Å². The van der Waals surface area contributed by atoms with E-state index in [1.54, 1.807) is 11.3 Å². The molecule has 0 aromatic carbocycles. The van der Waals surface area contributed by atoms with Gasteiger partial charge in [-0.25, -0.2) is 14.5 Å². The summed E-state index contributed by atoms with van der Waals surface area (Å²) >= 11 is 1.57. The van der Waals surface area contributed by atoms with E-state index in [0.717, 1.165) is 35.2 Å². The van der Waals surface area contributed by atoms with Crippen molar-refractivity contribution in [2.75, 3.05) is 24.3 Å². The number of anilines is 2. The van der Waals surface area contributed by atoms with Crippen molar-refractivity contribution in [2.45, 2.75) is 51.6 Å². The van der Waals surface area contributed by atoms with Crippen molar-refractivity contribution < 1.29 is 4.79 Å². The highest BCUT2D eigenvalue weighted by Gasteiger charge is 2.20. The van der Waals surface area contributed by atoms with Gasteiger partial charge in [0.25, 0.3) is 0 Å². The minimum Gasteiger partial charge on any atom is -0.354 e. The van der Waals surface area contributed by atoms with Crippen molar-refractivity contribution >= 4 is 28.3 Å². The molecule has 0 atom stereocenters. The van der Waals surface area contributed by atoms with Gasteiger partial charge in [-0.3, -0.25) is 5.32 Å². The average molecular weight is 363 g/mol. The third-order valence-corrected chi connectivity index (χ3v) is 5.43. The Balaban J connectivity index is 1.58. The summed E-state index contributed by atoms with van der Waals surface area (Å²) in [5.74, 6) is 0.772. The smallest absolute Gasteiger partial charge is 0.320 e. The second-order valence-electron chi connectivity index (χ2n) is 6.73. The quantitative estimate of drug-likeness (QED) is 0.853. The van der Waals surface area contributed by atoms with Crippen molar-refractivity contribution in [1.82, 2.24) is 20.1 Å². The molecule has 3 rings (SSSR count). The summed E-state index contributed by atoms with van der Waals surface area (Å²) in [6.07, 6.45) is 6.01. The minimum atomic E-state index is -0.226. The molecule has 0 spiro atoms. The number of nitrogens with zero attached hydrogens (tertiary/aromatic N) is 4. The third-order valence-electron chi connectivity index (χ3n) is 4.37. The molecule has 0 aliphatic heterocycles. The number of hydrogen-bond acceptors (Lipinski definition) is 5. The zero-order chi connectivity index (χ0) is 17.8. The minimum absolute atomic E-state index is 0.226. The summed E-state index contributed by atoms with van der Waals surface area (Å²) in [5.41, 5.74) is 1.79. The maximum atomic E-state index is 12.3. The Kier molecular flexibility index (Phi) is 5.57. The molecule has 2 aromatic rings. The maximum Gasteiger partial charge on any atom is 0.320 e. The molecule has 1 aliphatic rings. The Bertz CT molecular complexity index is 717. The van der Waals surface area contributed by atoms with E-state index in [4.69, 9.17) is 0 Å². The Morgan fingerprint density at radius 2 is 2.12 bits per heavy atom. The number of thiazole rings is 1. The molecule has 2 N–H and O–H groups in total. The Hall–Kier alpha value is -2.09. The van der Waals surface area contributed by atoms with Gasteiger partial charge in [-0.1, -0.05) is 19.3 Å². The standard InChI is InChI=1S/C17H26N6OS/c1-12-9-15(23(21-12)14-7-5-4-6-8-14)20-16(24)18-10-13-11-25-17(19-13)22(2)3/h9,11,14H,4-8,10H2,1-3H3,(H2,18,20,24). The second kappa shape index (κ2) is 7.86. The number of nitrogens with one attached hydrogen (secondary N) is 2. The molecule has 0 saturated heterocycles. The van der Waals surface area contributed by atoms with Crippen LogP contribution in [0.3, 0.4) is 0 Å². The van der Waals surface area contributed by atoms with Crippen molar-refractivity contribution in [1.29, 1.82) is 0 Å². The molecule has 8 heteroatoms. The summed E-state index contributed by atoms with van der Waals surface area (Å²) in [6.45, 7) is 2.37. The predicted octanol–water partition coefficient (Wildman–Crippen LogP) is 3.54. The van der Waals surface area contributed by atoms with Crippen molar-refractivity contribution in [3.05, 3.63) is 22.8 Å². The fourth-order valence-corrected chi connectivity index (χ4v) is 3.89. The Morgan fingerprint density at radius 1 is 1.36 bits per heavy atom. The van der Waals surface area contributed by atoms with Gasteiger partial charge in [0.05, 0.1) is 24.0 Å². The molecule has 0 radical (unpaired) electrons. The summed E-state index contributed by atoms with van der Waals surface area (Å²) in [4.78, 5) is 18.7. The van der Waals surface area contributed by atoms with Gasteiger partial charge in [-0.2, -0.15) is 5.10 Å². The van der Waals surface area contributed by atoms with Gasteiger partial charge in [-0.15, -0.1) is 11.3 Å². The zero-order valence-corrected chi connectivity index (χ0v) is 15.9. The number of carbonyl (C=O) groups is 1. The van der Waals surface area contributed by atoms with Crippen LogP contribution in [0.4, 0.5) is 15.7 Å². The highest BCUT2D eigenvalue weighted by Crippen LogP contribution is 2.30. The predicted molar refractivity (Wildman–Crippen MR) is 101 cm³/mol. The first kappa shape index (κ1) is 17.7. The fraction of sp³-hybridized carbons (Fsp3) is 0.588. The lowest BCUT2D eigenvalue weighted by atomic mass is 9.96. The number of aryl methyl sites for hydroxylation is 1. The van der Waals surface area contributed by atoms with Crippen LogP contribution in [0.2, 0.25) is 0 Å².